The SMILES string of the molecule is O=C(Cc1cccc(Oc2ccccc2)c1Cl)[O][Al+][O]C(=O)Cc1cccc(Oc2ccccc2)c1Cl. The van der Waals surface area contributed by atoms with Crippen LogP contribution in [0.4, 0.5) is 0 Å². The minimum atomic E-state index is -1.35. The molecule has 0 aliphatic carbocycles. The second-order valence-corrected chi connectivity index (χ2v) is 9.14. The Hall–Kier alpha value is -3.47. The molecule has 0 amide bonds. The monoisotopic (exact) mass is 549 g/mol. The molecular formula is C28H20AlCl2O6+. The van der Waals surface area contributed by atoms with Gasteiger partial charge in [0.15, 0.2) is 0 Å². The van der Waals surface area contributed by atoms with Gasteiger partial charge in [0.25, 0.3) is 0 Å². The summed E-state index contributed by atoms with van der Waals surface area (Å²) in [4.78, 5) is 24.6. The molecular weight excluding hydrogens is 530 g/mol. The molecule has 0 atom stereocenters. The Balaban J connectivity index is 1.27. The van der Waals surface area contributed by atoms with Crippen molar-refractivity contribution >= 4 is 51.0 Å². The van der Waals surface area contributed by atoms with Crippen molar-refractivity contribution < 1.29 is 26.6 Å². The van der Waals surface area contributed by atoms with Gasteiger partial charge in [0.1, 0.15) is 0 Å². The van der Waals surface area contributed by atoms with E-state index < -0.39 is 27.8 Å². The predicted molar refractivity (Wildman–Crippen MR) is 141 cm³/mol. The standard InChI is InChI=1S/2C14H11ClO3.Al/c2*15-14-10(9-13(16)17)5-4-8-12(14)18-11-6-2-1-3-7-11;/h2*1-8H,9H2,(H,16,17);/q;;+3/p-2. The van der Waals surface area contributed by atoms with Crippen LogP contribution in [-0.4, -0.2) is 27.8 Å². The molecule has 9 heteroatoms. The van der Waals surface area contributed by atoms with E-state index in [1.54, 1.807) is 60.7 Å². The van der Waals surface area contributed by atoms with Crippen LogP contribution in [-0.2, 0) is 30.0 Å². The summed E-state index contributed by atoms with van der Waals surface area (Å²) < 4.78 is 21.9. The number of carbonyl (C=O) groups excluding carboxylic acids is 2. The van der Waals surface area contributed by atoms with E-state index in [0.29, 0.717) is 44.2 Å². The Labute approximate surface area is 231 Å². The number of hydrogen-bond donors (Lipinski definition) is 0. The summed E-state index contributed by atoms with van der Waals surface area (Å²) in [6, 6.07) is 28.6. The van der Waals surface area contributed by atoms with Gasteiger partial charge in [-0.25, -0.2) is 0 Å². The molecule has 4 rings (SSSR count). The molecule has 0 saturated carbocycles. The molecule has 4 aromatic carbocycles. The molecule has 0 N–H and O–H groups in total. The molecule has 6 nitrogen and oxygen atoms in total. The van der Waals surface area contributed by atoms with Gasteiger partial charge >= 0.3 is 232 Å². The second-order valence-electron chi connectivity index (χ2n) is 7.72. The van der Waals surface area contributed by atoms with Crippen molar-refractivity contribution in [2.75, 3.05) is 0 Å². The maximum absolute atomic E-state index is 12.3. The third-order valence-electron chi connectivity index (χ3n) is 5.06. The number of ether oxygens (including phenoxy) is 2. The van der Waals surface area contributed by atoms with E-state index in [1.165, 1.54) is 0 Å². The first-order valence-electron chi connectivity index (χ1n) is 11.2. The molecule has 37 heavy (non-hydrogen) atoms. The van der Waals surface area contributed by atoms with Crippen LogP contribution < -0.4 is 9.47 Å². The van der Waals surface area contributed by atoms with E-state index in [-0.39, 0.29) is 12.8 Å². The average molecular weight is 550 g/mol. The van der Waals surface area contributed by atoms with Gasteiger partial charge in [0.05, 0.1) is 0 Å². The van der Waals surface area contributed by atoms with Crippen molar-refractivity contribution in [3.8, 4) is 23.0 Å². The number of benzene rings is 4. The van der Waals surface area contributed by atoms with Crippen LogP contribution in [0.2, 0.25) is 10.0 Å². The van der Waals surface area contributed by atoms with E-state index in [4.69, 9.17) is 40.3 Å². The summed E-state index contributed by atoms with van der Waals surface area (Å²) in [6.45, 7) is 0. The van der Waals surface area contributed by atoms with Gasteiger partial charge in [-0.3, -0.25) is 0 Å². The minimum absolute atomic E-state index is 0.0972. The van der Waals surface area contributed by atoms with E-state index in [2.05, 4.69) is 0 Å². The second kappa shape index (κ2) is 13.2. The van der Waals surface area contributed by atoms with Gasteiger partial charge in [0, 0.05) is 0 Å². The van der Waals surface area contributed by atoms with E-state index in [1.807, 2.05) is 36.4 Å². The Bertz CT molecular complexity index is 1260. The molecule has 0 spiro atoms. The Morgan fingerprint density at radius 2 is 0.973 bits per heavy atom. The van der Waals surface area contributed by atoms with Gasteiger partial charge in [-0.05, 0) is 0 Å². The molecule has 0 fully saturated rings. The zero-order valence-corrected chi connectivity index (χ0v) is 22.1. The number of hydrogen-bond acceptors (Lipinski definition) is 6. The fourth-order valence-corrected chi connectivity index (χ4v) is 4.19. The first-order chi connectivity index (χ1) is 18.0. The van der Waals surface area contributed by atoms with Crippen molar-refractivity contribution in [1.29, 1.82) is 0 Å². The van der Waals surface area contributed by atoms with Crippen molar-refractivity contribution in [2.45, 2.75) is 12.8 Å². The number of carbonyl (C=O) groups is 2. The Morgan fingerprint density at radius 3 is 1.38 bits per heavy atom. The van der Waals surface area contributed by atoms with Crippen LogP contribution >= 0.6 is 23.2 Å². The van der Waals surface area contributed by atoms with Crippen molar-refractivity contribution in [3.05, 3.63) is 118 Å². The molecule has 0 aromatic heterocycles. The fraction of sp³-hybridized carbons (Fsp3) is 0.0714. The van der Waals surface area contributed by atoms with Gasteiger partial charge in [-0.2, -0.15) is 0 Å². The first kappa shape index (κ1) is 26.6. The average Bonchev–Trinajstić information content (AvgIpc) is 2.90. The summed E-state index contributed by atoms with van der Waals surface area (Å²) in [5.41, 5.74) is 1.07. The zero-order valence-electron chi connectivity index (χ0n) is 19.4. The number of para-hydroxylation sites is 2. The van der Waals surface area contributed by atoms with Crippen molar-refractivity contribution in [2.24, 2.45) is 0 Å². The summed E-state index contributed by atoms with van der Waals surface area (Å²) in [7, 11) is 0. The van der Waals surface area contributed by atoms with Gasteiger partial charge in [-0.15, -0.1) is 0 Å². The van der Waals surface area contributed by atoms with Crippen LogP contribution in [0.1, 0.15) is 11.1 Å². The summed E-state index contributed by atoms with van der Waals surface area (Å²) in [5, 5.41) is 0.616. The van der Waals surface area contributed by atoms with Gasteiger partial charge < -0.3 is 0 Å². The number of halogens is 2. The van der Waals surface area contributed by atoms with Crippen LogP contribution in [0.3, 0.4) is 0 Å². The quantitative estimate of drug-likeness (QED) is 0.199. The Morgan fingerprint density at radius 1 is 0.568 bits per heavy atom. The topological polar surface area (TPSA) is 71.1 Å². The van der Waals surface area contributed by atoms with Crippen LogP contribution in [0.5, 0.6) is 23.0 Å². The molecule has 184 valence electrons. The van der Waals surface area contributed by atoms with Crippen LogP contribution in [0.25, 0.3) is 0 Å². The molecule has 0 saturated heterocycles. The van der Waals surface area contributed by atoms with E-state index in [9.17, 15) is 9.59 Å². The van der Waals surface area contributed by atoms with E-state index >= 15 is 0 Å². The maximum atomic E-state index is 12.3. The molecule has 0 radical (unpaired) electrons. The molecule has 0 aliphatic heterocycles. The van der Waals surface area contributed by atoms with Crippen molar-refractivity contribution in [1.82, 2.24) is 0 Å². The van der Waals surface area contributed by atoms with Crippen LogP contribution in [0.15, 0.2) is 97.1 Å². The summed E-state index contributed by atoms with van der Waals surface area (Å²) in [6.07, 6.45) is -0.194. The molecule has 0 heterocycles. The fourth-order valence-electron chi connectivity index (χ4n) is 3.30. The molecule has 0 aliphatic rings. The summed E-state index contributed by atoms with van der Waals surface area (Å²) in [5.74, 6) is 0.950. The number of rotatable bonds is 10. The normalized spacial score (nSPS) is 10.2. The molecule has 0 unspecified atom stereocenters. The third kappa shape index (κ3) is 7.76. The zero-order chi connectivity index (χ0) is 26.0. The summed E-state index contributed by atoms with van der Waals surface area (Å²) >= 11 is 11.5. The van der Waals surface area contributed by atoms with E-state index in [0.717, 1.165) is 0 Å². The third-order valence-corrected chi connectivity index (χ3v) is 6.63. The Kier molecular flexibility index (Phi) is 9.48. The van der Waals surface area contributed by atoms with Crippen molar-refractivity contribution in [3.63, 3.8) is 0 Å². The molecule has 4 aromatic rings. The van der Waals surface area contributed by atoms with Gasteiger partial charge in [-0.1, -0.05) is 0 Å². The molecule has 0 bridgehead atoms. The first-order valence-corrected chi connectivity index (χ1v) is 12.9. The predicted octanol–water partition coefficient (Wildman–Crippen LogP) is 6.98. The van der Waals surface area contributed by atoms with Gasteiger partial charge in [0.2, 0.25) is 0 Å². The van der Waals surface area contributed by atoms with Crippen LogP contribution in [0, 0.1) is 0 Å².